The van der Waals surface area contributed by atoms with Gasteiger partial charge >= 0.3 is 0 Å². The van der Waals surface area contributed by atoms with Gasteiger partial charge in [-0.15, -0.1) is 11.6 Å². The van der Waals surface area contributed by atoms with Crippen LogP contribution in [0.1, 0.15) is 25.3 Å². The zero-order chi connectivity index (χ0) is 12.4. The lowest BCUT2D eigenvalue weighted by Gasteiger charge is -2.17. The van der Waals surface area contributed by atoms with E-state index in [1.54, 1.807) is 7.11 Å². The van der Waals surface area contributed by atoms with Gasteiger partial charge in [0.1, 0.15) is 5.75 Å². The van der Waals surface area contributed by atoms with E-state index in [9.17, 15) is 0 Å². The van der Waals surface area contributed by atoms with Crippen LogP contribution >= 0.6 is 27.5 Å². The fourth-order valence-electron chi connectivity index (χ4n) is 2.62. The molecule has 0 bridgehead atoms. The average molecular weight is 318 g/mol. The second kappa shape index (κ2) is 5.62. The highest BCUT2D eigenvalue weighted by Crippen LogP contribution is 2.38. The molecule has 1 aliphatic rings. The van der Waals surface area contributed by atoms with E-state index in [0.29, 0.717) is 11.3 Å². The van der Waals surface area contributed by atoms with Gasteiger partial charge in [0.15, 0.2) is 0 Å². The molecule has 0 spiro atoms. The van der Waals surface area contributed by atoms with Crippen molar-refractivity contribution in [1.82, 2.24) is 0 Å². The second-order valence-electron chi connectivity index (χ2n) is 4.89. The Balaban J connectivity index is 2.06. The topological polar surface area (TPSA) is 9.23 Å². The van der Waals surface area contributed by atoms with Crippen molar-refractivity contribution >= 4 is 27.5 Å². The molecule has 3 heteroatoms. The molecule has 0 N–H and O–H groups in total. The molecule has 1 saturated carbocycles. The minimum atomic E-state index is 0.363. The summed E-state index contributed by atoms with van der Waals surface area (Å²) < 4.78 is 6.27. The molecule has 0 heterocycles. The molecule has 1 aliphatic carbocycles. The molecule has 2 rings (SSSR count). The third kappa shape index (κ3) is 2.97. The Morgan fingerprint density at radius 2 is 2.18 bits per heavy atom. The number of rotatable bonds is 3. The summed E-state index contributed by atoms with van der Waals surface area (Å²) in [5.74, 6) is 2.23. The van der Waals surface area contributed by atoms with Crippen molar-refractivity contribution in [1.29, 1.82) is 0 Å². The number of halogens is 2. The van der Waals surface area contributed by atoms with Gasteiger partial charge in [-0.2, -0.15) is 0 Å². The average Bonchev–Trinajstić information content (AvgIpc) is 2.61. The highest BCUT2D eigenvalue weighted by molar-refractivity contribution is 9.10. The second-order valence-corrected chi connectivity index (χ2v) is 6.30. The number of methoxy groups -OCH3 is 1. The van der Waals surface area contributed by atoms with Gasteiger partial charge in [0, 0.05) is 5.38 Å². The fraction of sp³-hybridized carbons (Fsp3) is 0.571. The zero-order valence-electron chi connectivity index (χ0n) is 10.2. The van der Waals surface area contributed by atoms with Crippen LogP contribution in [-0.4, -0.2) is 12.5 Å². The van der Waals surface area contributed by atoms with Gasteiger partial charge in [0.05, 0.1) is 11.6 Å². The van der Waals surface area contributed by atoms with E-state index < -0.39 is 0 Å². The highest BCUT2D eigenvalue weighted by atomic mass is 79.9. The summed E-state index contributed by atoms with van der Waals surface area (Å²) in [6.07, 6.45) is 3.52. The normalized spacial score (nSPS) is 28.4. The molecule has 3 atom stereocenters. The van der Waals surface area contributed by atoms with E-state index in [4.69, 9.17) is 16.3 Å². The zero-order valence-corrected chi connectivity index (χ0v) is 12.6. The number of benzene rings is 1. The molecule has 0 aromatic heterocycles. The Hall–Kier alpha value is -0.210. The Labute approximate surface area is 117 Å². The molecular formula is C14H18BrClO. The molecule has 1 aromatic carbocycles. The Morgan fingerprint density at radius 1 is 1.41 bits per heavy atom. The third-order valence-electron chi connectivity index (χ3n) is 3.84. The predicted molar refractivity (Wildman–Crippen MR) is 75.9 cm³/mol. The minimum absolute atomic E-state index is 0.363. The van der Waals surface area contributed by atoms with Crippen LogP contribution in [0.15, 0.2) is 22.7 Å². The van der Waals surface area contributed by atoms with E-state index in [1.165, 1.54) is 12.0 Å². The lowest BCUT2D eigenvalue weighted by Crippen LogP contribution is -2.13. The third-order valence-corrected chi connectivity index (χ3v) is 5.08. The lowest BCUT2D eigenvalue weighted by molar-refractivity contribution is 0.409. The van der Waals surface area contributed by atoms with Crippen molar-refractivity contribution in [2.45, 2.75) is 31.6 Å². The van der Waals surface area contributed by atoms with Gasteiger partial charge in [-0.1, -0.05) is 13.0 Å². The molecule has 0 aliphatic heterocycles. The summed E-state index contributed by atoms with van der Waals surface area (Å²) in [4.78, 5) is 0. The maximum absolute atomic E-state index is 6.27. The van der Waals surface area contributed by atoms with Gasteiger partial charge in [0.25, 0.3) is 0 Å². The first-order valence-electron chi connectivity index (χ1n) is 6.08. The maximum Gasteiger partial charge on any atom is 0.133 e. The molecule has 1 aromatic rings. The van der Waals surface area contributed by atoms with Crippen molar-refractivity contribution in [3.05, 3.63) is 28.2 Å². The van der Waals surface area contributed by atoms with E-state index in [1.807, 2.05) is 6.07 Å². The summed E-state index contributed by atoms with van der Waals surface area (Å²) in [7, 11) is 1.69. The van der Waals surface area contributed by atoms with Crippen molar-refractivity contribution in [3.8, 4) is 5.75 Å². The number of hydrogen-bond acceptors (Lipinski definition) is 1. The molecule has 1 fully saturated rings. The van der Waals surface area contributed by atoms with Crippen LogP contribution < -0.4 is 4.74 Å². The van der Waals surface area contributed by atoms with E-state index in [0.717, 1.165) is 29.0 Å². The fourth-order valence-corrected chi connectivity index (χ4v) is 3.54. The van der Waals surface area contributed by atoms with E-state index in [-0.39, 0.29) is 0 Å². The summed E-state index contributed by atoms with van der Waals surface area (Å²) in [6.45, 7) is 2.27. The van der Waals surface area contributed by atoms with Crippen molar-refractivity contribution in [3.63, 3.8) is 0 Å². The van der Waals surface area contributed by atoms with Crippen LogP contribution in [0.25, 0.3) is 0 Å². The van der Waals surface area contributed by atoms with Gasteiger partial charge < -0.3 is 4.74 Å². The van der Waals surface area contributed by atoms with E-state index in [2.05, 4.69) is 35.0 Å². The van der Waals surface area contributed by atoms with Gasteiger partial charge in [-0.25, -0.2) is 0 Å². The van der Waals surface area contributed by atoms with E-state index >= 15 is 0 Å². The molecule has 0 saturated heterocycles. The van der Waals surface area contributed by atoms with Gasteiger partial charge in [0.2, 0.25) is 0 Å². The first-order chi connectivity index (χ1) is 8.11. The predicted octanol–water partition coefficient (Wildman–Crippen LogP) is 4.65. The molecule has 94 valence electrons. The minimum Gasteiger partial charge on any atom is -0.496 e. The number of alkyl halides is 1. The number of hydrogen-bond donors (Lipinski definition) is 0. The first kappa shape index (κ1) is 13.2. The Kier molecular flexibility index (Phi) is 4.37. The maximum atomic E-state index is 6.27. The van der Waals surface area contributed by atoms with Crippen molar-refractivity contribution < 1.29 is 4.74 Å². The Morgan fingerprint density at radius 3 is 2.71 bits per heavy atom. The lowest BCUT2D eigenvalue weighted by atomic mass is 9.91. The quantitative estimate of drug-likeness (QED) is 0.737. The van der Waals surface area contributed by atoms with Crippen LogP contribution in [-0.2, 0) is 6.42 Å². The Bertz CT molecular complexity index is 394. The highest BCUT2D eigenvalue weighted by Gasteiger charge is 2.31. The van der Waals surface area contributed by atoms with Gasteiger partial charge in [-0.05, 0) is 64.7 Å². The molecule has 3 unspecified atom stereocenters. The number of ether oxygens (including phenoxy) is 1. The summed E-state index contributed by atoms with van der Waals surface area (Å²) in [6, 6.07) is 6.34. The van der Waals surface area contributed by atoms with Crippen LogP contribution in [0.3, 0.4) is 0 Å². The largest absolute Gasteiger partial charge is 0.496 e. The molecular weight excluding hydrogens is 300 g/mol. The van der Waals surface area contributed by atoms with Crippen LogP contribution in [0, 0.1) is 11.8 Å². The van der Waals surface area contributed by atoms with Crippen LogP contribution in [0.5, 0.6) is 5.75 Å². The first-order valence-corrected chi connectivity index (χ1v) is 7.31. The van der Waals surface area contributed by atoms with Crippen LogP contribution in [0.4, 0.5) is 0 Å². The summed E-state index contributed by atoms with van der Waals surface area (Å²) >= 11 is 9.81. The molecule has 1 nitrogen and oxygen atoms in total. The summed E-state index contributed by atoms with van der Waals surface area (Å²) in [5, 5.41) is 0.363. The van der Waals surface area contributed by atoms with Crippen LogP contribution in [0.2, 0.25) is 0 Å². The van der Waals surface area contributed by atoms with Gasteiger partial charge in [-0.3, -0.25) is 0 Å². The van der Waals surface area contributed by atoms with Crippen molar-refractivity contribution in [2.75, 3.05) is 7.11 Å². The smallest absolute Gasteiger partial charge is 0.133 e. The van der Waals surface area contributed by atoms with Crippen molar-refractivity contribution in [2.24, 2.45) is 11.8 Å². The monoisotopic (exact) mass is 316 g/mol. The SMILES string of the molecule is COc1ccc(CC2CCC(Cl)C2C)cc1Br. The molecule has 17 heavy (non-hydrogen) atoms. The summed E-state index contributed by atoms with van der Waals surface area (Å²) in [5.41, 5.74) is 1.36. The molecule has 0 amide bonds. The molecule has 0 radical (unpaired) electrons. The standard InChI is InChI=1S/C14H18BrClO/c1-9-11(4-5-13(9)16)7-10-3-6-14(17-2)12(15)8-10/h3,6,8-9,11,13H,4-5,7H2,1-2H3.